The number of nitrogens with one attached hydrogen (secondary N) is 1. The zero-order chi connectivity index (χ0) is 21.0. The van der Waals surface area contributed by atoms with Crippen molar-refractivity contribution in [1.82, 2.24) is 0 Å². The molecule has 0 aliphatic rings. The van der Waals surface area contributed by atoms with Crippen LogP contribution in [0, 0.1) is 0 Å². The Labute approximate surface area is 174 Å². The molecule has 0 bridgehead atoms. The fourth-order valence-electron chi connectivity index (χ4n) is 2.64. The van der Waals surface area contributed by atoms with Gasteiger partial charge in [0.25, 0.3) is 15.9 Å². The van der Waals surface area contributed by atoms with E-state index in [1.165, 1.54) is 25.2 Å². The van der Waals surface area contributed by atoms with Gasteiger partial charge in [-0.15, -0.1) is 0 Å². The summed E-state index contributed by atoms with van der Waals surface area (Å²) in [5, 5.41) is 3.16. The molecular weight excluding hydrogens is 412 g/mol. The molecule has 0 saturated heterocycles. The smallest absolute Gasteiger partial charge is 0.264 e. The van der Waals surface area contributed by atoms with Crippen LogP contribution < -0.4 is 14.4 Å². The highest BCUT2D eigenvalue weighted by molar-refractivity contribution is 7.92. The number of rotatable bonds is 6. The molecule has 6 nitrogen and oxygen atoms in total. The molecule has 3 aromatic rings. The second-order valence-corrected chi connectivity index (χ2v) is 8.57. The summed E-state index contributed by atoms with van der Waals surface area (Å²) in [5.41, 5.74) is 1.21. The van der Waals surface area contributed by atoms with Gasteiger partial charge in [0.05, 0.1) is 17.7 Å². The summed E-state index contributed by atoms with van der Waals surface area (Å²) in [6.45, 7) is 0. The van der Waals surface area contributed by atoms with Gasteiger partial charge in [0.1, 0.15) is 5.75 Å². The first kappa shape index (κ1) is 20.7. The van der Waals surface area contributed by atoms with Crippen molar-refractivity contribution in [3.63, 3.8) is 0 Å². The SMILES string of the molecule is COc1ccc(NC(=O)c2cccc(S(=O)(=O)N(C)c3cccc(Cl)c3)c2)cc1. The fourth-order valence-corrected chi connectivity index (χ4v) is 4.06. The molecule has 0 aliphatic heterocycles. The van der Waals surface area contributed by atoms with E-state index >= 15 is 0 Å². The van der Waals surface area contributed by atoms with Crippen LogP contribution in [0.25, 0.3) is 0 Å². The molecular formula is C21H19ClN2O4S. The molecule has 0 unspecified atom stereocenters. The van der Waals surface area contributed by atoms with Crippen molar-refractivity contribution in [3.05, 3.63) is 83.4 Å². The zero-order valence-corrected chi connectivity index (χ0v) is 17.4. The summed E-state index contributed by atoms with van der Waals surface area (Å²) in [6, 6.07) is 19.2. The van der Waals surface area contributed by atoms with Crippen molar-refractivity contribution < 1.29 is 17.9 Å². The van der Waals surface area contributed by atoms with E-state index in [1.807, 2.05) is 0 Å². The Morgan fingerprint density at radius 3 is 2.34 bits per heavy atom. The maximum absolute atomic E-state index is 13.0. The van der Waals surface area contributed by atoms with E-state index in [9.17, 15) is 13.2 Å². The molecule has 8 heteroatoms. The Bertz CT molecular complexity index is 1130. The number of nitrogens with zero attached hydrogens (tertiary/aromatic N) is 1. The molecule has 1 amide bonds. The maximum Gasteiger partial charge on any atom is 0.264 e. The lowest BCUT2D eigenvalue weighted by atomic mass is 10.2. The predicted octanol–water partition coefficient (Wildman–Crippen LogP) is 4.43. The molecule has 0 fully saturated rings. The molecule has 150 valence electrons. The van der Waals surface area contributed by atoms with Crippen LogP contribution >= 0.6 is 11.6 Å². The first-order chi connectivity index (χ1) is 13.8. The molecule has 0 aromatic heterocycles. The van der Waals surface area contributed by atoms with Crippen molar-refractivity contribution in [3.8, 4) is 5.75 Å². The maximum atomic E-state index is 13.0. The summed E-state index contributed by atoms with van der Waals surface area (Å²) in [4.78, 5) is 12.6. The predicted molar refractivity (Wildman–Crippen MR) is 114 cm³/mol. The number of anilines is 2. The summed E-state index contributed by atoms with van der Waals surface area (Å²) >= 11 is 5.97. The second kappa shape index (κ2) is 8.55. The van der Waals surface area contributed by atoms with E-state index in [4.69, 9.17) is 16.3 Å². The van der Waals surface area contributed by atoms with Crippen LogP contribution in [-0.2, 0) is 10.0 Å². The molecule has 29 heavy (non-hydrogen) atoms. The van der Waals surface area contributed by atoms with E-state index in [1.54, 1.807) is 61.7 Å². The zero-order valence-electron chi connectivity index (χ0n) is 15.8. The van der Waals surface area contributed by atoms with E-state index in [-0.39, 0.29) is 10.5 Å². The lowest BCUT2D eigenvalue weighted by Crippen LogP contribution is -2.26. The monoisotopic (exact) mass is 430 g/mol. The third-order valence-corrected chi connectivity index (χ3v) is 6.29. The fraction of sp³-hybridized carbons (Fsp3) is 0.0952. The quantitative estimate of drug-likeness (QED) is 0.627. The van der Waals surface area contributed by atoms with Gasteiger partial charge in [-0.25, -0.2) is 8.42 Å². The van der Waals surface area contributed by atoms with Crippen LogP contribution in [0.4, 0.5) is 11.4 Å². The van der Waals surface area contributed by atoms with Gasteiger partial charge in [0.2, 0.25) is 0 Å². The molecule has 1 N–H and O–H groups in total. The summed E-state index contributed by atoms with van der Waals surface area (Å²) in [7, 11) is -0.877. The number of hydrogen-bond acceptors (Lipinski definition) is 4. The van der Waals surface area contributed by atoms with Gasteiger partial charge in [-0.3, -0.25) is 9.10 Å². The second-order valence-electron chi connectivity index (χ2n) is 6.16. The standard InChI is InChI=1S/C21H19ClN2O4S/c1-24(18-7-4-6-16(22)14-18)29(26,27)20-8-3-5-15(13-20)21(25)23-17-9-11-19(28-2)12-10-17/h3-14H,1-2H3,(H,23,25). The Kier molecular flexibility index (Phi) is 6.10. The number of methoxy groups -OCH3 is 1. The van der Waals surface area contributed by atoms with Crippen LogP contribution in [0.1, 0.15) is 10.4 Å². The minimum Gasteiger partial charge on any atom is -0.497 e. The van der Waals surface area contributed by atoms with Gasteiger partial charge in [0, 0.05) is 23.3 Å². The molecule has 3 aromatic carbocycles. The van der Waals surface area contributed by atoms with Crippen LogP contribution in [0.2, 0.25) is 5.02 Å². The lowest BCUT2D eigenvalue weighted by molar-refractivity contribution is 0.102. The number of ether oxygens (including phenoxy) is 1. The normalized spacial score (nSPS) is 11.0. The number of carbonyl (C=O) groups is 1. The third kappa shape index (κ3) is 4.70. The Morgan fingerprint density at radius 1 is 1.00 bits per heavy atom. The molecule has 0 saturated carbocycles. The lowest BCUT2D eigenvalue weighted by Gasteiger charge is -2.20. The van der Waals surface area contributed by atoms with Crippen LogP contribution in [0.15, 0.2) is 77.7 Å². The molecule has 3 rings (SSSR count). The largest absolute Gasteiger partial charge is 0.497 e. The van der Waals surface area contributed by atoms with Gasteiger partial charge in [-0.2, -0.15) is 0 Å². The average Bonchev–Trinajstić information content (AvgIpc) is 2.73. The Balaban J connectivity index is 1.84. The van der Waals surface area contributed by atoms with Crippen LogP contribution in [-0.4, -0.2) is 28.5 Å². The van der Waals surface area contributed by atoms with E-state index in [2.05, 4.69) is 5.32 Å². The third-order valence-electron chi connectivity index (χ3n) is 4.27. The van der Waals surface area contributed by atoms with E-state index in [0.29, 0.717) is 22.1 Å². The van der Waals surface area contributed by atoms with Gasteiger partial charge < -0.3 is 10.1 Å². The Morgan fingerprint density at radius 2 is 1.69 bits per heavy atom. The highest BCUT2D eigenvalue weighted by atomic mass is 35.5. The van der Waals surface area contributed by atoms with Crippen molar-refractivity contribution in [1.29, 1.82) is 0 Å². The topological polar surface area (TPSA) is 75.7 Å². The first-order valence-electron chi connectivity index (χ1n) is 8.61. The number of hydrogen-bond donors (Lipinski definition) is 1. The molecule has 0 aliphatic carbocycles. The van der Waals surface area contributed by atoms with Crippen molar-refractivity contribution in [2.75, 3.05) is 23.8 Å². The van der Waals surface area contributed by atoms with Crippen molar-refractivity contribution >= 4 is 38.9 Å². The molecule has 0 atom stereocenters. The van der Waals surface area contributed by atoms with E-state index < -0.39 is 15.9 Å². The average molecular weight is 431 g/mol. The highest BCUT2D eigenvalue weighted by Crippen LogP contribution is 2.25. The van der Waals surface area contributed by atoms with Gasteiger partial charge in [-0.1, -0.05) is 23.7 Å². The van der Waals surface area contributed by atoms with Crippen LogP contribution in [0.5, 0.6) is 5.75 Å². The summed E-state index contributed by atoms with van der Waals surface area (Å²) < 4.78 is 32.2. The number of halogens is 1. The number of sulfonamides is 1. The molecule has 0 spiro atoms. The summed E-state index contributed by atoms with van der Waals surface area (Å²) in [6.07, 6.45) is 0. The number of carbonyl (C=O) groups excluding carboxylic acids is 1. The van der Waals surface area contributed by atoms with Gasteiger partial charge in [-0.05, 0) is 60.7 Å². The van der Waals surface area contributed by atoms with Gasteiger partial charge >= 0.3 is 0 Å². The van der Waals surface area contributed by atoms with Crippen LogP contribution in [0.3, 0.4) is 0 Å². The minimum absolute atomic E-state index is 0.00218. The minimum atomic E-state index is -3.87. The summed E-state index contributed by atoms with van der Waals surface area (Å²) in [5.74, 6) is 0.248. The van der Waals surface area contributed by atoms with Crippen molar-refractivity contribution in [2.24, 2.45) is 0 Å². The number of amides is 1. The number of benzene rings is 3. The van der Waals surface area contributed by atoms with Gasteiger partial charge in [0.15, 0.2) is 0 Å². The molecule has 0 heterocycles. The first-order valence-corrected chi connectivity index (χ1v) is 10.4. The Hall–Kier alpha value is -3.03. The van der Waals surface area contributed by atoms with E-state index in [0.717, 1.165) is 4.31 Å². The molecule has 0 radical (unpaired) electrons. The van der Waals surface area contributed by atoms with Crippen molar-refractivity contribution in [2.45, 2.75) is 4.90 Å². The highest BCUT2D eigenvalue weighted by Gasteiger charge is 2.22.